The topological polar surface area (TPSA) is 95.1 Å². The van der Waals surface area contributed by atoms with Crippen LogP contribution < -0.4 is 14.8 Å². The average molecular weight is 472 g/mol. The van der Waals surface area contributed by atoms with Crippen LogP contribution in [0.5, 0.6) is 11.5 Å². The molecule has 0 bridgehead atoms. The van der Waals surface area contributed by atoms with Crippen LogP contribution in [0.4, 0.5) is 5.69 Å². The number of amides is 1. The predicted molar refractivity (Wildman–Crippen MR) is 132 cm³/mol. The zero-order valence-corrected chi connectivity index (χ0v) is 19.5. The number of benzene rings is 3. The fourth-order valence-electron chi connectivity index (χ4n) is 3.16. The first kappa shape index (κ1) is 24.4. The molecule has 170 valence electrons. The van der Waals surface area contributed by atoms with Gasteiger partial charge in [-0.05, 0) is 61.4 Å². The minimum Gasteiger partial charge on any atom is -0.490 e. The fourth-order valence-corrected chi connectivity index (χ4v) is 3.34. The highest BCUT2D eigenvalue weighted by Gasteiger charge is 2.13. The van der Waals surface area contributed by atoms with Crippen molar-refractivity contribution in [2.24, 2.45) is 0 Å². The summed E-state index contributed by atoms with van der Waals surface area (Å²) in [5, 5.41) is 22.1. The second-order valence-electron chi connectivity index (χ2n) is 7.23. The van der Waals surface area contributed by atoms with Gasteiger partial charge >= 0.3 is 0 Å². The quantitative estimate of drug-likeness (QED) is 0.319. The lowest BCUT2D eigenvalue weighted by molar-refractivity contribution is -0.112. The van der Waals surface area contributed by atoms with Crippen LogP contribution in [0.1, 0.15) is 29.2 Å². The van der Waals surface area contributed by atoms with Crippen LogP contribution in [0.2, 0.25) is 5.02 Å². The summed E-state index contributed by atoms with van der Waals surface area (Å²) in [5.41, 5.74) is 3.08. The molecule has 6 nitrogen and oxygen atoms in total. The number of rotatable bonds is 8. The number of hydrogen-bond donors (Lipinski definition) is 1. The molecule has 0 heterocycles. The summed E-state index contributed by atoms with van der Waals surface area (Å²) < 4.78 is 11.6. The Morgan fingerprint density at radius 1 is 1.06 bits per heavy atom. The maximum Gasteiger partial charge on any atom is 0.266 e. The summed E-state index contributed by atoms with van der Waals surface area (Å²) in [4.78, 5) is 12.7. The molecule has 0 aliphatic heterocycles. The van der Waals surface area contributed by atoms with Crippen molar-refractivity contribution in [3.05, 3.63) is 93.5 Å². The largest absolute Gasteiger partial charge is 0.490 e. The maximum absolute atomic E-state index is 12.7. The van der Waals surface area contributed by atoms with Gasteiger partial charge in [0, 0.05) is 16.3 Å². The molecular formula is C27H22ClN3O3. The lowest BCUT2D eigenvalue weighted by Crippen LogP contribution is -2.14. The number of nitrogens with one attached hydrogen (secondary N) is 1. The first-order chi connectivity index (χ1) is 16.5. The molecular weight excluding hydrogens is 450 g/mol. The van der Waals surface area contributed by atoms with Crippen molar-refractivity contribution in [3.63, 3.8) is 0 Å². The van der Waals surface area contributed by atoms with Crippen LogP contribution in [0, 0.1) is 29.6 Å². The molecule has 3 aromatic carbocycles. The summed E-state index contributed by atoms with van der Waals surface area (Å²) in [7, 11) is 0. The van der Waals surface area contributed by atoms with E-state index in [-0.39, 0.29) is 12.2 Å². The van der Waals surface area contributed by atoms with E-state index in [0.29, 0.717) is 45.5 Å². The van der Waals surface area contributed by atoms with E-state index < -0.39 is 5.91 Å². The van der Waals surface area contributed by atoms with Gasteiger partial charge in [0.05, 0.1) is 18.2 Å². The molecule has 34 heavy (non-hydrogen) atoms. The number of anilines is 1. The van der Waals surface area contributed by atoms with E-state index in [1.165, 1.54) is 6.08 Å². The maximum atomic E-state index is 12.7. The van der Waals surface area contributed by atoms with Gasteiger partial charge < -0.3 is 14.8 Å². The first-order valence-electron chi connectivity index (χ1n) is 10.5. The Morgan fingerprint density at radius 2 is 1.85 bits per heavy atom. The van der Waals surface area contributed by atoms with Crippen molar-refractivity contribution in [1.82, 2.24) is 0 Å². The van der Waals surface area contributed by atoms with Gasteiger partial charge in [0.15, 0.2) is 11.5 Å². The van der Waals surface area contributed by atoms with Crippen molar-refractivity contribution in [1.29, 1.82) is 10.5 Å². The molecule has 3 aromatic rings. The average Bonchev–Trinajstić information content (AvgIpc) is 2.85. The minimum atomic E-state index is -0.542. The van der Waals surface area contributed by atoms with E-state index in [4.69, 9.17) is 21.1 Å². The molecule has 0 aliphatic carbocycles. The smallest absolute Gasteiger partial charge is 0.266 e. The van der Waals surface area contributed by atoms with Gasteiger partial charge in [0.2, 0.25) is 0 Å². The molecule has 0 radical (unpaired) electrons. The van der Waals surface area contributed by atoms with Crippen LogP contribution in [0.3, 0.4) is 0 Å². The standard InChI is InChI=1S/C27H22ClN3O3/c1-3-33-26-14-19(11-12-25(26)34-17-21-8-5-4-7-20(21)15-29)13-22(16-30)27(32)31-24-10-6-9-23(28)18(24)2/h4-14H,3,17H2,1-2H3,(H,31,32)/b22-13+. The molecule has 0 aromatic heterocycles. The molecule has 0 atom stereocenters. The third-order valence-electron chi connectivity index (χ3n) is 4.98. The number of hydrogen-bond acceptors (Lipinski definition) is 5. The summed E-state index contributed by atoms with van der Waals surface area (Å²) in [6.45, 7) is 4.23. The highest BCUT2D eigenvalue weighted by molar-refractivity contribution is 6.31. The number of carbonyl (C=O) groups excluding carboxylic acids is 1. The predicted octanol–water partition coefficient (Wildman–Crippen LogP) is 6.04. The lowest BCUT2D eigenvalue weighted by atomic mass is 10.1. The van der Waals surface area contributed by atoms with E-state index in [2.05, 4.69) is 11.4 Å². The molecule has 0 saturated heterocycles. The van der Waals surface area contributed by atoms with Crippen molar-refractivity contribution in [2.75, 3.05) is 11.9 Å². The van der Waals surface area contributed by atoms with E-state index in [9.17, 15) is 15.3 Å². The van der Waals surface area contributed by atoms with Gasteiger partial charge in [-0.25, -0.2) is 0 Å². The SMILES string of the molecule is CCOc1cc(/C=C(\C#N)C(=O)Nc2cccc(Cl)c2C)ccc1OCc1ccccc1C#N. The highest BCUT2D eigenvalue weighted by atomic mass is 35.5. The van der Waals surface area contributed by atoms with Crippen molar-refractivity contribution in [3.8, 4) is 23.6 Å². The van der Waals surface area contributed by atoms with Crippen molar-refractivity contribution >= 4 is 29.3 Å². The third kappa shape index (κ3) is 5.95. The van der Waals surface area contributed by atoms with E-state index in [1.807, 2.05) is 25.1 Å². The fraction of sp³-hybridized carbons (Fsp3) is 0.148. The minimum absolute atomic E-state index is 0.0709. The molecule has 1 amide bonds. The van der Waals surface area contributed by atoms with Crippen LogP contribution in [0.15, 0.2) is 66.2 Å². The molecule has 0 saturated carbocycles. The van der Waals surface area contributed by atoms with Gasteiger partial charge in [0.1, 0.15) is 18.2 Å². The summed E-state index contributed by atoms with van der Waals surface area (Å²) in [5.74, 6) is 0.414. The monoisotopic (exact) mass is 471 g/mol. The molecule has 3 rings (SSSR count). The molecule has 0 spiro atoms. The molecule has 0 aliphatic rings. The van der Waals surface area contributed by atoms with Crippen molar-refractivity contribution in [2.45, 2.75) is 20.5 Å². The lowest BCUT2D eigenvalue weighted by Gasteiger charge is -2.13. The van der Waals surface area contributed by atoms with Crippen LogP contribution >= 0.6 is 11.6 Å². The number of nitrogens with zero attached hydrogens (tertiary/aromatic N) is 2. The molecule has 0 unspecified atom stereocenters. The van der Waals surface area contributed by atoms with Crippen molar-refractivity contribution < 1.29 is 14.3 Å². The van der Waals surface area contributed by atoms with Crippen LogP contribution in [-0.4, -0.2) is 12.5 Å². The van der Waals surface area contributed by atoms with Gasteiger partial charge in [-0.3, -0.25) is 4.79 Å². The zero-order chi connectivity index (χ0) is 24.5. The number of halogens is 1. The van der Waals surface area contributed by atoms with Gasteiger partial charge in [-0.2, -0.15) is 10.5 Å². The van der Waals surface area contributed by atoms with Gasteiger partial charge in [-0.1, -0.05) is 41.9 Å². The first-order valence-corrected chi connectivity index (χ1v) is 10.9. The number of carbonyl (C=O) groups is 1. The number of nitriles is 2. The Hall–Kier alpha value is -4.26. The molecule has 1 N–H and O–H groups in total. The summed E-state index contributed by atoms with van der Waals surface area (Å²) >= 11 is 6.11. The van der Waals surface area contributed by atoms with E-state index in [1.54, 1.807) is 55.5 Å². The second-order valence-corrected chi connectivity index (χ2v) is 7.64. The third-order valence-corrected chi connectivity index (χ3v) is 5.39. The molecule has 0 fully saturated rings. The van der Waals surface area contributed by atoms with E-state index >= 15 is 0 Å². The Labute approximate surface area is 203 Å². The Bertz CT molecular complexity index is 1320. The Morgan fingerprint density at radius 3 is 2.59 bits per heavy atom. The van der Waals surface area contributed by atoms with E-state index in [0.717, 1.165) is 5.56 Å². The Kier molecular flexibility index (Phi) is 8.29. The second kappa shape index (κ2) is 11.6. The van der Waals surface area contributed by atoms with Crippen LogP contribution in [-0.2, 0) is 11.4 Å². The highest BCUT2D eigenvalue weighted by Crippen LogP contribution is 2.31. The Balaban J connectivity index is 1.82. The zero-order valence-electron chi connectivity index (χ0n) is 18.8. The molecule has 7 heteroatoms. The number of ether oxygens (including phenoxy) is 2. The van der Waals surface area contributed by atoms with Crippen LogP contribution in [0.25, 0.3) is 6.08 Å². The van der Waals surface area contributed by atoms with Gasteiger partial charge in [0.25, 0.3) is 5.91 Å². The summed E-state index contributed by atoms with van der Waals surface area (Å²) in [6, 6.07) is 21.6. The van der Waals surface area contributed by atoms with Gasteiger partial charge in [-0.15, -0.1) is 0 Å². The summed E-state index contributed by atoms with van der Waals surface area (Å²) in [6.07, 6.45) is 1.48. The normalized spacial score (nSPS) is 10.7.